The topological polar surface area (TPSA) is 15.7 Å². The minimum atomic E-state index is 0.633. The minimum absolute atomic E-state index is 0.633. The molecule has 0 bridgehead atoms. The number of piperazine rings is 1. The Morgan fingerprint density at radius 2 is 2.19 bits per heavy atom. The molecule has 0 aromatic heterocycles. The van der Waals surface area contributed by atoms with E-state index in [1.54, 1.807) is 0 Å². The molecule has 1 aliphatic heterocycles. The molecule has 0 aromatic carbocycles. The Bertz CT molecular complexity index is 218. The van der Waals surface area contributed by atoms with E-state index in [4.69, 9.17) is 4.74 Å². The summed E-state index contributed by atoms with van der Waals surface area (Å²) in [6, 6.07) is 0.633. The van der Waals surface area contributed by atoms with Crippen LogP contribution >= 0.6 is 0 Å². The fourth-order valence-electron chi connectivity index (χ4n) is 2.25. The molecule has 0 spiro atoms. The van der Waals surface area contributed by atoms with E-state index < -0.39 is 0 Å². The maximum absolute atomic E-state index is 5.41. The van der Waals surface area contributed by atoms with Crippen molar-refractivity contribution in [3.63, 3.8) is 0 Å². The van der Waals surface area contributed by atoms with Gasteiger partial charge in [0.05, 0.1) is 6.61 Å². The number of hydrogen-bond acceptors (Lipinski definition) is 3. The summed E-state index contributed by atoms with van der Waals surface area (Å²) in [4.78, 5) is 5.01. The smallest absolute Gasteiger partial charge is 0.0593 e. The molecule has 1 saturated heterocycles. The molecule has 1 rings (SSSR count). The number of hydrogen-bond donors (Lipinski definition) is 0. The van der Waals surface area contributed by atoms with E-state index in [1.807, 2.05) is 6.92 Å². The summed E-state index contributed by atoms with van der Waals surface area (Å²) >= 11 is 0. The van der Waals surface area contributed by atoms with Crippen molar-refractivity contribution < 1.29 is 4.74 Å². The highest BCUT2D eigenvalue weighted by Gasteiger charge is 2.22. The maximum Gasteiger partial charge on any atom is 0.0593 e. The number of rotatable bonds is 6. The number of ether oxygens (including phenoxy) is 1. The lowest BCUT2D eigenvalue weighted by molar-refractivity contribution is 0.0527. The van der Waals surface area contributed by atoms with Gasteiger partial charge in [-0.2, -0.15) is 0 Å². The summed E-state index contributed by atoms with van der Waals surface area (Å²) in [5, 5.41) is 0. The molecule has 16 heavy (non-hydrogen) atoms. The summed E-state index contributed by atoms with van der Waals surface area (Å²) in [7, 11) is 0. The molecule has 0 saturated carbocycles. The third-order valence-corrected chi connectivity index (χ3v) is 3.07. The van der Waals surface area contributed by atoms with Crippen molar-refractivity contribution in [2.45, 2.75) is 26.8 Å². The van der Waals surface area contributed by atoms with Crippen molar-refractivity contribution in [2.24, 2.45) is 0 Å². The van der Waals surface area contributed by atoms with Gasteiger partial charge in [0.15, 0.2) is 0 Å². The zero-order valence-corrected chi connectivity index (χ0v) is 11.0. The van der Waals surface area contributed by atoms with Gasteiger partial charge in [-0.05, 0) is 20.8 Å². The van der Waals surface area contributed by atoms with Gasteiger partial charge in [0.25, 0.3) is 0 Å². The Hall–Kier alpha value is -0.380. The molecule has 0 aromatic rings. The zero-order chi connectivity index (χ0) is 12.0. The largest absolute Gasteiger partial charge is 0.380 e. The van der Waals surface area contributed by atoms with Crippen LogP contribution in [0.25, 0.3) is 0 Å². The molecular formula is C13H26N2O. The fourth-order valence-corrected chi connectivity index (χ4v) is 2.25. The van der Waals surface area contributed by atoms with Crippen LogP contribution in [0.5, 0.6) is 0 Å². The summed E-state index contributed by atoms with van der Waals surface area (Å²) in [6.45, 7) is 17.7. The van der Waals surface area contributed by atoms with Gasteiger partial charge in [0.1, 0.15) is 0 Å². The molecule has 3 nitrogen and oxygen atoms in total. The second-order valence-corrected chi connectivity index (χ2v) is 4.77. The molecule has 1 fully saturated rings. The van der Waals surface area contributed by atoms with Gasteiger partial charge >= 0.3 is 0 Å². The second-order valence-electron chi connectivity index (χ2n) is 4.77. The summed E-state index contributed by atoms with van der Waals surface area (Å²) in [5.74, 6) is 0. The van der Waals surface area contributed by atoms with Gasteiger partial charge in [-0.15, -0.1) is 0 Å². The SMILES string of the molecule is C=C(C)CN1CCN(CCOCC)[C@H](C)C1. The molecule has 0 radical (unpaired) electrons. The van der Waals surface area contributed by atoms with Crippen LogP contribution in [0.3, 0.4) is 0 Å². The molecular weight excluding hydrogens is 200 g/mol. The lowest BCUT2D eigenvalue weighted by Crippen LogP contribution is -2.52. The van der Waals surface area contributed by atoms with Crippen molar-refractivity contribution in [1.82, 2.24) is 9.80 Å². The third kappa shape index (κ3) is 4.64. The lowest BCUT2D eigenvalue weighted by Gasteiger charge is -2.39. The molecule has 0 unspecified atom stereocenters. The molecule has 3 heteroatoms. The van der Waals surface area contributed by atoms with Crippen LogP contribution in [0.4, 0.5) is 0 Å². The van der Waals surface area contributed by atoms with E-state index in [2.05, 4.69) is 30.2 Å². The van der Waals surface area contributed by atoms with Crippen LogP contribution in [-0.2, 0) is 4.74 Å². The standard InChI is InChI=1S/C13H26N2O/c1-5-16-9-8-15-7-6-14(10-12(2)3)11-13(15)4/h13H,2,5-11H2,1,3-4H3/t13-/m1/s1. The molecule has 94 valence electrons. The molecule has 1 aliphatic rings. The molecule has 1 atom stereocenters. The summed E-state index contributed by atoms with van der Waals surface area (Å²) in [6.07, 6.45) is 0. The average Bonchev–Trinajstić information content (AvgIpc) is 2.20. The van der Waals surface area contributed by atoms with Gasteiger partial charge in [0.2, 0.25) is 0 Å². The van der Waals surface area contributed by atoms with E-state index >= 15 is 0 Å². The zero-order valence-electron chi connectivity index (χ0n) is 11.0. The maximum atomic E-state index is 5.41. The highest BCUT2D eigenvalue weighted by Crippen LogP contribution is 2.10. The van der Waals surface area contributed by atoms with Crippen LogP contribution in [-0.4, -0.2) is 61.8 Å². The predicted octanol–water partition coefficient (Wildman–Crippen LogP) is 1.61. The first-order valence-corrected chi connectivity index (χ1v) is 6.32. The Labute approximate surface area is 100 Å². The van der Waals surface area contributed by atoms with Gasteiger partial charge in [-0.1, -0.05) is 12.2 Å². The lowest BCUT2D eigenvalue weighted by atomic mass is 10.1. The van der Waals surface area contributed by atoms with Crippen molar-refractivity contribution in [3.8, 4) is 0 Å². The Kier molecular flexibility index (Phi) is 6.03. The molecule has 0 aliphatic carbocycles. The first-order valence-electron chi connectivity index (χ1n) is 6.32. The monoisotopic (exact) mass is 226 g/mol. The van der Waals surface area contributed by atoms with E-state index in [0.717, 1.165) is 45.9 Å². The van der Waals surface area contributed by atoms with Crippen LogP contribution in [0.15, 0.2) is 12.2 Å². The first-order chi connectivity index (χ1) is 7.63. The normalized spacial score (nSPS) is 23.6. The van der Waals surface area contributed by atoms with Gasteiger partial charge in [0, 0.05) is 45.4 Å². The highest BCUT2D eigenvalue weighted by molar-refractivity contribution is 4.94. The van der Waals surface area contributed by atoms with Gasteiger partial charge < -0.3 is 4.74 Å². The quantitative estimate of drug-likeness (QED) is 0.505. The minimum Gasteiger partial charge on any atom is -0.380 e. The van der Waals surface area contributed by atoms with E-state index in [9.17, 15) is 0 Å². The second kappa shape index (κ2) is 7.05. The van der Waals surface area contributed by atoms with Gasteiger partial charge in [-0.3, -0.25) is 9.80 Å². The summed E-state index contributed by atoms with van der Waals surface area (Å²) < 4.78 is 5.41. The Balaban J connectivity index is 2.25. The van der Waals surface area contributed by atoms with Crippen LogP contribution in [0.1, 0.15) is 20.8 Å². The van der Waals surface area contributed by atoms with Crippen molar-refractivity contribution in [2.75, 3.05) is 45.9 Å². The van der Waals surface area contributed by atoms with Gasteiger partial charge in [-0.25, -0.2) is 0 Å². The molecule has 0 amide bonds. The van der Waals surface area contributed by atoms with E-state index in [0.29, 0.717) is 6.04 Å². The van der Waals surface area contributed by atoms with Crippen molar-refractivity contribution >= 4 is 0 Å². The van der Waals surface area contributed by atoms with Crippen molar-refractivity contribution in [3.05, 3.63) is 12.2 Å². The summed E-state index contributed by atoms with van der Waals surface area (Å²) in [5.41, 5.74) is 1.26. The van der Waals surface area contributed by atoms with Crippen molar-refractivity contribution in [1.29, 1.82) is 0 Å². The Morgan fingerprint density at radius 1 is 1.44 bits per heavy atom. The first kappa shape index (κ1) is 13.7. The van der Waals surface area contributed by atoms with Crippen LogP contribution in [0, 0.1) is 0 Å². The van der Waals surface area contributed by atoms with Crippen LogP contribution < -0.4 is 0 Å². The van der Waals surface area contributed by atoms with E-state index in [1.165, 1.54) is 5.57 Å². The average molecular weight is 226 g/mol. The highest BCUT2D eigenvalue weighted by atomic mass is 16.5. The Morgan fingerprint density at radius 3 is 2.75 bits per heavy atom. The third-order valence-electron chi connectivity index (χ3n) is 3.07. The number of nitrogens with zero attached hydrogens (tertiary/aromatic N) is 2. The van der Waals surface area contributed by atoms with Crippen LogP contribution in [0.2, 0.25) is 0 Å². The molecule has 1 heterocycles. The fraction of sp³-hybridized carbons (Fsp3) is 0.846. The molecule has 0 N–H and O–H groups in total. The van der Waals surface area contributed by atoms with E-state index in [-0.39, 0.29) is 0 Å². The predicted molar refractivity (Wildman–Crippen MR) is 68.8 cm³/mol.